The van der Waals surface area contributed by atoms with E-state index in [0.29, 0.717) is 5.92 Å². The van der Waals surface area contributed by atoms with Crippen LogP contribution in [0, 0.1) is 5.92 Å². The molecule has 1 saturated heterocycles. The van der Waals surface area contributed by atoms with Crippen molar-refractivity contribution in [3.05, 3.63) is 22.4 Å². The van der Waals surface area contributed by atoms with Crippen LogP contribution in [-0.2, 0) is 11.0 Å². The van der Waals surface area contributed by atoms with Crippen molar-refractivity contribution in [3.63, 3.8) is 0 Å². The van der Waals surface area contributed by atoms with Gasteiger partial charge in [0.25, 0.3) is 0 Å². The highest BCUT2D eigenvalue weighted by molar-refractivity contribution is 9.10. The normalized spacial score (nSPS) is 19.7. The molecular weight excluding hydrogens is 384 g/mol. The van der Waals surface area contributed by atoms with Crippen molar-refractivity contribution in [2.24, 2.45) is 5.92 Å². The zero-order valence-electron chi connectivity index (χ0n) is 15.9. The monoisotopic (exact) mass is 414 g/mol. The number of aromatic nitrogens is 1. The number of pyridine rings is 1. The van der Waals surface area contributed by atoms with Crippen LogP contribution in [-0.4, -0.2) is 45.0 Å². The third-order valence-corrected chi connectivity index (χ3v) is 10.3. The van der Waals surface area contributed by atoms with Gasteiger partial charge in [-0.15, -0.1) is 0 Å². The Morgan fingerprint density at radius 1 is 1.38 bits per heavy atom. The number of hydrogen-bond donors (Lipinski definition) is 0. The molecule has 0 radical (unpaired) electrons. The van der Waals surface area contributed by atoms with Crippen molar-refractivity contribution in [2.45, 2.75) is 51.9 Å². The first kappa shape index (κ1) is 19.9. The molecule has 1 aromatic heterocycles. The summed E-state index contributed by atoms with van der Waals surface area (Å²) in [5, 5.41) is 0.278. The van der Waals surface area contributed by atoms with Gasteiger partial charge in [-0.1, -0.05) is 20.8 Å². The molecule has 0 saturated carbocycles. The van der Waals surface area contributed by atoms with Gasteiger partial charge in [0.1, 0.15) is 5.75 Å². The van der Waals surface area contributed by atoms with Crippen molar-refractivity contribution >= 4 is 24.2 Å². The third-order valence-electron chi connectivity index (χ3n) is 5.35. The Kier molecular flexibility index (Phi) is 6.50. The molecule has 1 fully saturated rings. The second kappa shape index (κ2) is 7.85. The number of rotatable bonds is 6. The Hall–Kier alpha value is -0.433. The number of halogens is 1. The van der Waals surface area contributed by atoms with E-state index in [1.54, 1.807) is 7.11 Å². The molecule has 2 rings (SSSR count). The van der Waals surface area contributed by atoms with Gasteiger partial charge in [0.05, 0.1) is 12.8 Å². The van der Waals surface area contributed by atoms with Crippen molar-refractivity contribution in [3.8, 4) is 5.75 Å². The zero-order chi connectivity index (χ0) is 18.0. The van der Waals surface area contributed by atoms with Gasteiger partial charge < -0.3 is 9.16 Å². The molecule has 24 heavy (non-hydrogen) atoms. The minimum atomic E-state index is -1.65. The maximum atomic E-state index is 6.40. The minimum Gasteiger partial charge on any atom is -0.495 e. The first-order valence-electron chi connectivity index (χ1n) is 8.67. The highest BCUT2D eigenvalue weighted by Crippen LogP contribution is 2.37. The van der Waals surface area contributed by atoms with E-state index in [-0.39, 0.29) is 5.04 Å². The highest BCUT2D eigenvalue weighted by atomic mass is 79.9. The van der Waals surface area contributed by atoms with E-state index in [1.807, 2.05) is 12.3 Å². The van der Waals surface area contributed by atoms with Crippen molar-refractivity contribution < 1.29 is 9.16 Å². The SMILES string of the molecule is COc1cc(Br)cnc1CN1CCC(CO[Si](C)(C)C(C)(C)C)C1. The fourth-order valence-electron chi connectivity index (χ4n) is 2.69. The van der Waals surface area contributed by atoms with Crippen molar-refractivity contribution in [1.29, 1.82) is 0 Å². The van der Waals surface area contributed by atoms with Crippen LogP contribution < -0.4 is 4.74 Å². The average Bonchev–Trinajstić information content (AvgIpc) is 2.93. The Balaban J connectivity index is 1.88. The molecule has 0 amide bonds. The molecule has 0 N–H and O–H groups in total. The molecule has 6 heteroatoms. The third kappa shape index (κ3) is 5.03. The predicted octanol–water partition coefficient (Wildman–Crippen LogP) is 4.70. The van der Waals surface area contributed by atoms with Crippen molar-refractivity contribution in [1.82, 2.24) is 9.88 Å². The fourth-order valence-corrected chi connectivity index (χ4v) is 4.09. The largest absolute Gasteiger partial charge is 0.495 e. The summed E-state index contributed by atoms with van der Waals surface area (Å²) in [6.07, 6.45) is 3.04. The zero-order valence-corrected chi connectivity index (χ0v) is 18.4. The first-order chi connectivity index (χ1) is 11.1. The summed E-state index contributed by atoms with van der Waals surface area (Å²) >= 11 is 3.45. The Bertz CT molecular complexity index is 560. The van der Waals surface area contributed by atoms with Gasteiger partial charge in [-0.25, -0.2) is 0 Å². The van der Waals surface area contributed by atoms with Gasteiger partial charge in [-0.2, -0.15) is 0 Å². The van der Waals surface area contributed by atoms with E-state index < -0.39 is 8.32 Å². The molecule has 2 heterocycles. The second-order valence-corrected chi connectivity index (χ2v) is 14.0. The van der Waals surface area contributed by atoms with E-state index in [4.69, 9.17) is 9.16 Å². The molecular formula is C18H31BrN2O2Si. The maximum absolute atomic E-state index is 6.40. The summed E-state index contributed by atoms with van der Waals surface area (Å²) in [6.45, 7) is 15.5. The van der Waals surface area contributed by atoms with Gasteiger partial charge in [0, 0.05) is 30.4 Å². The lowest BCUT2D eigenvalue weighted by atomic mass is 10.1. The van der Waals surface area contributed by atoms with Crippen LogP contribution in [0.4, 0.5) is 0 Å². The first-order valence-corrected chi connectivity index (χ1v) is 12.4. The van der Waals surface area contributed by atoms with Crippen LogP contribution in [0.2, 0.25) is 18.1 Å². The molecule has 0 aliphatic carbocycles. The molecule has 0 aromatic carbocycles. The lowest BCUT2D eigenvalue weighted by Gasteiger charge is -2.37. The molecule has 4 nitrogen and oxygen atoms in total. The number of ether oxygens (including phenoxy) is 1. The van der Waals surface area contributed by atoms with Gasteiger partial charge >= 0.3 is 0 Å². The van der Waals surface area contributed by atoms with Gasteiger partial charge in [0.15, 0.2) is 8.32 Å². The van der Waals surface area contributed by atoms with Crippen LogP contribution in [0.5, 0.6) is 5.75 Å². The standard InChI is InChI=1S/C18H31BrN2O2Si/c1-18(2,3)24(5,6)23-13-14-7-8-21(11-14)12-16-17(22-4)9-15(19)10-20-16/h9-10,14H,7-8,11-13H2,1-6H3. The molecule has 136 valence electrons. The van der Waals surface area contributed by atoms with Gasteiger partial charge in [-0.3, -0.25) is 9.88 Å². The molecule has 0 bridgehead atoms. The molecule has 0 spiro atoms. The van der Waals surface area contributed by atoms with E-state index in [9.17, 15) is 0 Å². The van der Waals surface area contributed by atoms with E-state index in [1.165, 1.54) is 6.42 Å². The molecule has 1 unspecified atom stereocenters. The lowest BCUT2D eigenvalue weighted by Crippen LogP contribution is -2.42. The number of nitrogens with zero attached hydrogens (tertiary/aromatic N) is 2. The van der Waals surface area contributed by atoms with Crippen LogP contribution in [0.1, 0.15) is 32.9 Å². The van der Waals surface area contributed by atoms with Crippen LogP contribution >= 0.6 is 15.9 Å². The lowest BCUT2D eigenvalue weighted by molar-refractivity contribution is 0.220. The Labute approximate surface area is 156 Å². The quantitative estimate of drug-likeness (QED) is 0.631. The summed E-state index contributed by atoms with van der Waals surface area (Å²) in [5.41, 5.74) is 1.01. The summed E-state index contributed by atoms with van der Waals surface area (Å²) in [5.74, 6) is 1.48. The molecule has 1 aliphatic heterocycles. The summed E-state index contributed by atoms with van der Waals surface area (Å²) < 4.78 is 12.8. The molecule has 1 atom stereocenters. The smallest absolute Gasteiger partial charge is 0.191 e. The topological polar surface area (TPSA) is 34.6 Å². The molecule has 1 aromatic rings. The fraction of sp³-hybridized carbons (Fsp3) is 0.722. The predicted molar refractivity (Wildman–Crippen MR) is 105 cm³/mol. The number of methoxy groups -OCH3 is 1. The summed E-state index contributed by atoms with van der Waals surface area (Å²) in [6, 6.07) is 1.98. The minimum absolute atomic E-state index is 0.278. The summed E-state index contributed by atoms with van der Waals surface area (Å²) in [7, 11) is 0.0555. The average molecular weight is 415 g/mol. The Morgan fingerprint density at radius 3 is 2.71 bits per heavy atom. The number of likely N-dealkylation sites (tertiary alicyclic amines) is 1. The Morgan fingerprint density at radius 2 is 2.08 bits per heavy atom. The summed E-state index contributed by atoms with van der Waals surface area (Å²) in [4.78, 5) is 6.97. The van der Waals surface area contributed by atoms with Crippen LogP contribution in [0.25, 0.3) is 0 Å². The van der Waals surface area contributed by atoms with Crippen LogP contribution in [0.15, 0.2) is 16.7 Å². The second-order valence-electron chi connectivity index (χ2n) is 8.26. The van der Waals surface area contributed by atoms with Gasteiger partial charge in [0.2, 0.25) is 0 Å². The van der Waals surface area contributed by atoms with E-state index in [0.717, 1.165) is 42.2 Å². The van der Waals surface area contributed by atoms with Crippen molar-refractivity contribution in [2.75, 3.05) is 26.8 Å². The van der Waals surface area contributed by atoms with Gasteiger partial charge in [-0.05, 0) is 59.0 Å². The molecule has 1 aliphatic rings. The number of hydrogen-bond acceptors (Lipinski definition) is 4. The van der Waals surface area contributed by atoms with E-state index in [2.05, 4.69) is 59.7 Å². The highest BCUT2D eigenvalue weighted by Gasteiger charge is 2.38. The van der Waals surface area contributed by atoms with Crippen LogP contribution in [0.3, 0.4) is 0 Å². The maximum Gasteiger partial charge on any atom is 0.191 e. The van der Waals surface area contributed by atoms with E-state index >= 15 is 0 Å².